The largest absolute Gasteiger partial charge is 0.0619 e. The standard InChI is InChI=1S/C10H9Br/c1-7-6-8-4-2-3-5-9(8)10(7)11/h2-5H,6H2,1H3. The molecular weight excluding hydrogens is 200 g/mol. The Morgan fingerprint density at radius 1 is 1.27 bits per heavy atom. The highest BCUT2D eigenvalue weighted by Gasteiger charge is 2.14. The molecule has 0 amide bonds. The Labute approximate surface area is 75.1 Å². The minimum Gasteiger partial charge on any atom is -0.0619 e. The molecule has 11 heavy (non-hydrogen) atoms. The molecule has 0 nitrogen and oxygen atoms in total. The molecule has 0 fully saturated rings. The Morgan fingerprint density at radius 3 is 2.73 bits per heavy atom. The van der Waals surface area contributed by atoms with Crippen molar-refractivity contribution >= 4 is 20.4 Å². The fourth-order valence-electron chi connectivity index (χ4n) is 1.48. The average molecular weight is 209 g/mol. The van der Waals surface area contributed by atoms with Crippen LogP contribution < -0.4 is 0 Å². The summed E-state index contributed by atoms with van der Waals surface area (Å²) in [6, 6.07) is 8.53. The van der Waals surface area contributed by atoms with E-state index in [4.69, 9.17) is 0 Å². The normalized spacial score (nSPS) is 15.5. The summed E-state index contributed by atoms with van der Waals surface area (Å²) in [5, 5.41) is 0. The molecule has 1 aliphatic rings. The molecule has 0 aromatic heterocycles. The summed E-state index contributed by atoms with van der Waals surface area (Å²) < 4.78 is 1.29. The molecule has 0 aliphatic heterocycles. The molecule has 2 rings (SSSR count). The van der Waals surface area contributed by atoms with Gasteiger partial charge in [0.15, 0.2) is 0 Å². The monoisotopic (exact) mass is 208 g/mol. The van der Waals surface area contributed by atoms with Crippen molar-refractivity contribution in [3.8, 4) is 0 Å². The zero-order chi connectivity index (χ0) is 7.84. The lowest BCUT2D eigenvalue weighted by molar-refractivity contribution is 1.19. The third kappa shape index (κ3) is 1.04. The molecule has 0 N–H and O–H groups in total. The van der Waals surface area contributed by atoms with Gasteiger partial charge in [-0.05, 0) is 24.5 Å². The number of halogens is 1. The quantitative estimate of drug-likeness (QED) is 0.614. The maximum Gasteiger partial charge on any atom is 0.0243 e. The summed E-state index contributed by atoms with van der Waals surface area (Å²) in [6.45, 7) is 2.17. The van der Waals surface area contributed by atoms with Crippen molar-refractivity contribution in [1.29, 1.82) is 0 Å². The van der Waals surface area contributed by atoms with Crippen molar-refractivity contribution in [3.05, 3.63) is 41.0 Å². The van der Waals surface area contributed by atoms with Crippen LogP contribution in [0.25, 0.3) is 4.48 Å². The molecule has 0 atom stereocenters. The smallest absolute Gasteiger partial charge is 0.0243 e. The van der Waals surface area contributed by atoms with Gasteiger partial charge in [0, 0.05) is 4.48 Å². The molecule has 1 aliphatic carbocycles. The predicted octanol–water partition coefficient (Wildman–Crippen LogP) is 3.37. The van der Waals surface area contributed by atoms with Gasteiger partial charge in [-0.25, -0.2) is 0 Å². The Morgan fingerprint density at radius 2 is 2.00 bits per heavy atom. The van der Waals surface area contributed by atoms with Crippen molar-refractivity contribution in [2.45, 2.75) is 13.3 Å². The number of hydrogen-bond donors (Lipinski definition) is 0. The molecule has 1 heteroatoms. The van der Waals surface area contributed by atoms with Crippen LogP contribution in [0.5, 0.6) is 0 Å². The van der Waals surface area contributed by atoms with Crippen molar-refractivity contribution in [2.24, 2.45) is 0 Å². The van der Waals surface area contributed by atoms with E-state index < -0.39 is 0 Å². The van der Waals surface area contributed by atoms with Gasteiger partial charge in [-0.3, -0.25) is 0 Å². The van der Waals surface area contributed by atoms with Gasteiger partial charge in [0.25, 0.3) is 0 Å². The molecule has 0 unspecified atom stereocenters. The second-order valence-corrected chi connectivity index (χ2v) is 3.72. The first-order chi connectivity index (χ1) is 5.29. The van der Waals surface area contributed by atoms with Crippen LogP contribution in [-0.4, -0.2) is 0 Å². The average Bonchev–Trinajstić information content (AvgIpc) is 2.30. The van der Waals surface area contributed by atoms with E-state index in [1.165, 1.54) is 21.2 Å². The Bertz CT molecular complexity index is 323. The highest BCUT2D eigenvalue weighted by Crippen LogP contribution is 2.36. The van der Waals surface area contributed by atoms with E-state index in [0.717, 1.165) is 6.42 Å². The van der Waals surface area contributed by atoms with E-state index >= 15 is 0 Å². The number of hydrogen-bond acceptors (Lipinski definition) is 0. The lowest BCUT2D eigenvalue weighted by Crippen LogP contribution is -1.79. The summed E-state index contributed by atoms with van der Waals surface area (Å²) in [4.78, 5) is 0. The molecule has 0 radical (unpaired) electrons. The molecule has 0 spiro atoms. The van der Waals surface area contributed by atoms with E-state index in [1.807, 2.05) is 0 Å². The van der Waals surface area contributed by atoms with Crippen LogP contribution in [0.2, 0.25) is 0 Å². The van der Waals surface area contributed by atoms with Crippen LogP contribution in [0.4, 0.5) is 0 Å². The Kier molecular flexibility index (Phi) is 1.61. The summed E-state index contributed by atoms with van der Waals surface area (Å²) in [5.74, 6) is 0. The van der Waals surface area contributed by atoms with Gasteiger partial charge in [0.1, 0.15) is 0 Å². The van der Waals surface area contributed by atoms with Crippen molar-refractivity contribution in [3.63, 3.8) is 0 Å². The summed E-state index contributed by atoms with van der Waals surface area (Å²) in [6.07, 6.45) is 1.11. The van der Waals surface area contributed by atoms with E-state index in [2.05, 4.69) is 47.1 Å². The number of allylic oxidation sites excluding steroid dienone is 1. The molecule has 0 saturated heterocycles. The molecule has 1 aromatic carbocycles. The zero-order valence-electron chi connectivity index (χ0n) is 6.39. The van der Waals surface area contributed by atoms with Crippen LogP contribution in [0.1, 0.15) is 18.1 Å². The SMILES string of the molecule is CC1=C(Br)c2ccccc2C1. The first-order valence-electron chi connectivity index (χ1n) is 3.72. The van der Waals surface area contributed by atoms with E-state index in [-0.39, 0.29) is 0 Å². The predicted molar refractivity (Wildman–Crippen MR) is 51.7 cm³/mol. The molecule has 0 heterocycles. The lowest BCUT2D eigenvalue weighted by atomic mass is 10.1. The molecule has 1 aromatic rings. The van der Waals surface area contributed by atoms with Gasteiger partial charge in [-0.15, -0.1) is 0 Å². The van der Waals surface area contributed by atoms with Crippen molar-refractivity contribution in [2.75, 3.05) is 0 Å². The van der Waals surface area contributed by atoms with Gasteiger partial charge in [-0.1, -0.05) is 45.8 Å². The maximum atomic E-state index is 3.58. The van der Waals surface area contributed by atoms with Crippen molar-refractivity contribution < 1.29 is 0 Å². The van der Waals surface area contributed by atoms with E-state index in [1.54, 1.807) is 0 Å². The number of rotatable bonds is 0. The highest BCUT2D eigenvalue weighted by atomic mass is 79.9. The molecular formula is C10H9Br. The Hall–Kier alpha value is -0.560. The molecule has 0 saturated carbocycles. The topological polar surface area (TPSA) is 0 Å². The first-order valence-corrected chi connectivity index (χ1v) is 4.52. The lowest BCUT2D eigenvalue weighted by Gasteiger charge is -1.96. The van der Waals surface area contributed by atoms with Crippen LogP contribution in [0.15, 0.2) is 29.8 Å². The van der Waals surface area contributed by atoms with Gasteiger partial charge < -0.3 is 0 Å². The third-order valence-corrected chi connectivity index (χ3v) is 3.19. The minimum absolute atomic E-state index is 1.11. The molecule has 0 bridgehead atoms. The third-order valence-electron chi connectivity index (χ3n) is 2.08. The molecule has 56 valence electrons. The summed E-state index contributed by atoms with van der Waals surface area (Å²) >= 11 is 3.58. The second-order valence-electron chi connectivity index (χ2n) is 2.93. The van der Waals surface area contributed by atoms with Gasteiger partial charge in [0.05, 0.1) is 0 Å². The fourth-order valence-corrected chi connectivity index (χ4v) is 2.01. The van der Waals surface area contributed by atoms with E-state index in [9.17, 15) is 0 Å². The Balaban J connectivity index is 2.60. The first kappa shape index (κ1) is 7.11. The van der Waals surface area contributed by atoms with Gasteiger partial charge >= 0.3 is 0 Å². The van der Waals surface area contributed by atoms with Gasteiger partial charge in [0.2, 0.25) is 0 Å². The highest BCUT2D eigenvalue weighted by molar-refractivity contribution is 9.15. The zero-order valence-corrected chi connectivity index (χ0v) is 7.98. The van der Waals surface area contributed by atoms with Crippen LogP contribution in [0.3, 0.4) is 0 Å². The minimum atomic E-state index is 1.11. The van der Waals surface area contributed by atoms with Gasteiger partial charge in [-0.2, -0.15) is 0 Å². The second kappa shape index (κ2) is 2.49. The number of fused-ring (bicyclic) bond motifs is 1. The summed E-state index contributed by atoms with van der Waals surface area (Å²) in [5.41, 5.74) is 4.24. The van der Waals surface area contributed by atoms with Crippen LogP contribution in [0, 0.1) is 0 Å². The van der Waals surface area contributed by atoms with Crippen LogP contribution in [-0.2, 0) is 6.42 Å². The van der Waals surface area contributed by atoms with Crippen LogP contribution >= 0.6 is 15.9 Å². The summed E-state index contributed by atoms with van der Waals surface area (Å²) in [7, 11) is 0. The number of benzene rings is 1. The maximum absolute atomic E-state index is 3.58. The van der Waals surface area contributed by atoms with Crippen molar-refractivity contribution in [1.82, 2.24) is 0 Å². The van der Waals surface area contributed by atoms with E-state index in [0.29, 0.717) is 0 Å². The fraction of sp³-hybridized carbons (Fsp3) is 0.200.